The number of nitrogens with zero attached hydrogens (tertiary/aromatic N) is 2. The number of rotatable bonds is 3. The fourth-order valence-electron chi connectivity index (χ4n) is 3.91. The molecule has 2 aromatic rings. The molecule has 4 nitrogen and oxygen atoms in total. The van der Waals surface area contributed by atoms with Crippen LogP contribution in [0.1, 0.15) is 42.3 Å². The van der Waals surface area contributed by atoms with Gasteiger partial charge in [0.05, 0.1) is 23.7 Å². The minimum atomic E-state index is -0.806. The Morgan fingerprint density at radius 1 is 1.36 bits per heavy atom. The van der Waals surface area contributed by atoms with Crippen LogP contribution in [-0.2, 0) is 12.0 Å². The van der Waals surface area contributed by atoms with Gasteiger partial charge in [-0.3, -0.25) is 4.90 Å². The molecule has 1 aliphatic carbocycles. The monoisotopic (exact) mass is 301 g/mol. The highest BCUT2D eigenvalue weighted by atomic mass is 19.1. The SMILES string of the molecule is OC(CN1CCc2[nH]cnc2C12CCC2)c1ccccc1F. The lowest BCUT2D eigenvalue weighted by Gasteiger charge is -2.52. The molecule has 0 amide bonds. The molecule has 4 rings (SSSR count). The van der Waals surface area contributed by atoms with Gasteiger partial charge in [-0.05, 0) is 25.3 Å². The first-order valence-electron chi connectivity index (χ1n) is 7.91. The predicted molar refractivity (Wildman–Crippen MR) is 80.8 cm³/mol. The first kappa shape index (κ1) is 13.9. The molecule has 116 valence electrons. The molecule has 1 saturated carbocycles. The normalized spacial score (nSPS) is 21.4. The number of aromatic nitrogens is 2. The lowest BCUT2D eigenvalue weighted by Crippen LogP contribution is -2.56. The average molecular weight is 301 g/mol. The summed E-state index contributed by atoms with van der Waals surface area (Å²) in [5.41, 5.74) is 2.67. The van der Waals surface area contributed by atoms with Crippen LogP contribution in [0.4, 0.5) is 4.39 Å². The van der Waals surface area contributed by atoms with Gasteiger partial charge in [-0.25, -0.2) is 9.37 Å². The summed E-state index contributed by atoms with van der Waals surface area (Å²) in [6, 6.07) is 6.48. The Balaban J connectivity index is 1.60. The van der Waals surface area contributed by atoms with Crippen molar-refractivity contribution in [1.82, 2.24) is 14.9 Å². The van der Waals surface area contributed by atoms with Crippen LogP contribution < -0.4 is 0 Å². The Bertz CT molecular complexity index is 680. The van der Waals surface area contributed by atoms with E-state index in [9.17, 15) is 9.50 Å². The zero-order chi connectivity index (χ0) is 15.2. The lowest BCUT2D eigenvalue weighted by molar-refractivity contribution is -0.0316. The van der Waals surface area contributed by atoms with Crippen LogP contribution in [0.5, 0.6) is 0 Å². The number of hydrogen-bond donors (Lipinski definition) is 2. The number of halogens is 1. The molecule has 1 aromatic heterocycles. The van der Waals surface area contributed by atoms with Crippen LogP contribution >= 0.6 is 0 Å². The number of aliphatic hydroxyl groups excluding tert-OH is 1. The molecule has 0 bridgehead atoms. The maximum atomic E-state index is 13.9. The number of aliphatic hydroxyl groups is 1. The van der Waals surface area contributed by atoms with Gasteiger partial charge in [-0.15, -0.1) is 0 Å². The second kappa shape index (κ2) is 5.18. The van der Waals surface area contributed by atoms with Crippen LogP contribution in [0.15, 0.2) is 30.6 Å². The van der Waals surface area contributed by atoms with Crippen molar-refractivity contribution in [2.45, 2.75) is 37.3 Å². The largest absolute Gasteiger partial charge is 0.387 e. The van der Waals surface area contributed by atoms with Gasteiger partial charge in [0, 0.05) is 30.8 Å². The number of hydrogen-bond acceptors (Lipinski definition) is 3. The van der Waals surface area contributed by atoms with Crippen LogP contribution in [-0.4, -0.2) is 33.1 Å². The van der Waals surface area contributed by atoms with E-state index in [4.69, 9.17) is 0 Å². The summed E-state index contributed by atoms with van der Waals surface area (Å²) in [5, 5.41) is 10.5. The molecule has 0 radical (unpaired) electrons. The van der Waals surface area contributed by atoms with Gasteiger partial charge in [0.15, 0.2) is 0 Å². The van der Waals surface area contributed by atoms with Crippen LogP contribution in [0.25, 0.3) is 0 Å². The number of benzene rings is 1. The van der Waals surface area contributed by atoms with Gasteiger partial charge in [0.1, 0.15) is 5.82 Å². The number of fused-ring (bicyclic) bond motifs is 2. The molecule has 2 heterocycles. The summed E-state index contributed by atoms with van der Waals surface area (Å²) in [6.45, 7) is 1.33. The molecule has 2 N–H and O–H groups in total. The molecule has 1 unspecified atom stereocenters. The highest BCUT2D eigenvalue weighted by molar-refractivity contribution is 5.29. The van der Waals surface area contributed by atoms with E-state index in [2.05, 4.69) is 14.9 Å². The van der Waals surface area contributed by atoms with E-state index in [0.717, 1.165) is 31.5 Å². The Labute approximate surface area is 129 Å². The van der Waals surface area contributed by atoms with Crippen LogP contribution in [0, 0.1) is 5.82 Å². The van der Waals surface area contributed by atoms with Gasteiger partial charge in [0.25, 0.3) is 0 Å². The van der Waals surface area contributed by atoms with Crippen molar-refractivity contribution in [2.24, 2.45) is 0 Å². The topological polar surface area (TPSA) is 52.1 Å². The molecule has 1 spiro atoms. The number of imidazole rings is 1. The summed E-state index contributed by atoms with van der Waals surface area (Å²) in [7, 11) is 0. The summed E-state index contributed by atoms with van der Waals surface area (Å²) in [4.78, 5) is 10.1. The minimum Gasteiger partial charge on any atom is -0.387 e. The highest BCUT2D eigenvalue weighted by Crippen LogP contribution is 2.49. The lowest BCUT2D eigenvalue weighted by atomic mass is 9.70. The molecular formula is C17H20FN3O. The summed E-state index contributed by atoms with van der Waals surface area (Å²) in [5.74, 6) is -0.338. The molecule has 1 fully saturated rings. The van der Waals surface area contributed by atoms with Gasteiger partial charge in [-0.1, -0.05) is 18.2 Å². The maximum Gasteiger partial charge on any atom is 0.129 e. The fourth-order valence-corrected chi connectivity index (χ4v) is 3.91. The highest BCUT2D eigenvalue weighted by Gasteiger charge is 2.49. The van der Waals surface area contributed by atoms with Crippen molar-refractivity contribution in [1.29, 1.82) is 0 Å². The summed E-state index contributed by atoms with van der Waals surface area (Å²) in [6.07, 6.45) is 5.17. The zero-order valence-electron chi connectivity index (χ0n) is 12.4. The number of aromatic amines is 1. The fraction of sp³-hybridized carbons (Fsp3) is 0.471. The smallest absolute Gasteiger partial charge is 0.129 e. The van der Waals surface area contributed by atoms with Crippen molar-refractivity contribution < 1.29 is 9.50 Å². The van der Waals surface area contributed by atoms with Gasteiger partial charge < -0.3 is 10.1 Å². The van der Waals surface area contributed by atoms with E-state index in [1.165, 1.54) is 18.2 Å². The van der Waals surface area contributed by atoms with Crippen LogP contribution in [0.3, 0.4) is 0 Å². The van der Waals surface area contributed by atoms with Crippen molar-refractivity contribution in [2.75, 3.05) is 13.1 Å². The van der Waals surface area contributed by atoms with E-state index in [-0.39, 0.29) is 11.4 Å². The van der Waals surface area contributed by atoms with Gasteiger partial charge in [-0.2, -0.15) is 0 Å². The van der Waals surface area contributed by atoms with Crippen molar-refractivity contribution in [3.05, 3.63) is 53.4 Å². The van der Waals surface area contributed by atoms with E-state index in [1.807, 2.05) is 0 Å². The Kier molecular flexibility index (Phi) is 3.27. The third-order valence-electron chi connectivity index (χ3n) is 5.23. The number of β-amino-alcohol motifs (C(OH)–C–C–N with tert-alkyl or cyclic N) is 1. The first-order valence-corrected chi connectivity index (χ1v) is 7.91. The summed E-state index contributed by atoms with van der Waals surface area (Å²) < 4.78 is 13.9. The predicted octanol–water partition coefficient (Wildman–Crippen LogP) is 2.52. The van der Waals surface area contributed by atoms with E-state index in [0.29, 0.717) is 12.1 Å². The zero-order valence-corrected chi connectivity index (χ0v) is 12.4. The Morgan fingerprint density at radius 2 is 2.18 bits per heavy atom. The van der Waals surface area contributed by atoms with Crippen molar-refractivity contribution >= 4 is 0 Å². The van der Waals surface area contributed by atoms with Gasteiger partial charge >= 0.3 is 0 Å². The quantitative estimate of drug-likeness (QED) is 0.916. The second-order valence-electron chi connectivity index (χ2n) is 6.35. The number of nitrogens with one attached hydrogen (secondary N) is 1. The molecule has 0 saturated heterocycles. The molecule has 1 atom stereocenters. The van der Waals surface area contributed by atoms with Crippen molar-refractivity contribution in [3.8, 4) is 0 Å². The number of H-pyrrole nitrogens is 1. The van der Waals surface area contributed by atoms with E-state index < -0.39 is 6.10 Å². The van der Waals surface area contributed by atoms with E-state index >= 15 is 0 Å². The minimum absolute atomic E-state index is 0.0557. The molecule has 1 aliphatic heterocycles. The Morgan fingerprint density at radius 3 is 2.91 bits per heavy atom. The third kappa shape index (κ3) is 2.00. The summed E-state index contributed by atoms with van der Waals surface area (Å²) >= 11 is 0. The molecule has 5 heteroatoms. The van der Waals surface area contributed by atoms with Crippen LogP contribution in [0.2, 0.25) is 0 Å². The van der Waals surface area contributed by atoms with E-state index in [1.54, 1.807) is 24.5 Å². The maximum absolute atomic E-state index is 13.9. The van der Waals surface area contributed by atoms with Gasteiger partial charge in [0.2, 0.25) is 0 Å². The molecule has 22 heavy (non-hydrogen) atoms. The molecule has 1 aromatic carbocycles. The molecule has 2 aliphatic rings. The third-order valence-corrected chi connectivity index (χ3v) is 5.23. The Hall–Kier alpha value is -1.72. The van der Waals surface area contributed by atoms with Crippen molar-refractivity contribution in [3.63, 3.8) is 0 Å². The second-order valence-corrected chi connectivity index (χ2v) is 6.35. The average Bonchev–Trinajstić information content (AvgIpc) is 2.94. The molecular weight excluding hydrogens is 281 g/mol. The first-order chi connectivity index (χ1) is 10.7. The standard InChI is InChI=1S/C17H20FN3O/c18-13-5-2-1-4-12(13)15(22)10-21-9-6-14-16(20-11-19-14)17(21)7-3-8-17/h1-2,4-5,11,15,22H,3,6-10H2,(H,19,20).